The number of nitrogens with zero attached hydrogens (tertiary/aromatic N) is 1. The van der Waals surface area contributed by atoms with Crippen molar-refractivity contribution in [2.45, 2.75) is 18.7 Å². The Labute approximate surface area is 165 Å². The minimum Gasteiger partial charge on any atom is -0.484 e. The second kappa shape index (κ2) is 8.72. The van der Waals surface area contributed by atoms with Crippen LogP contribution in [-0.4, -0.2) is 51.5 Å². The fraction of sp³-hybridized carbons (Fsp3) is 0.350. The molecule has 150 valence electrons. The predicted octanol–water partition coefficient (Wildman–Crippen LogP) is 2.34. The van der Waals surface area contributed by atoms with Crippen LogP contribution in [0.1, 0.15) is 11.1 Å². The molecule has 0 atom stereocenters. The molecule has 1 saturated heterocycles. The van der Waals surface area contributed by atoms with E-state index in [9.17, 15) is 13.2 Å². The molecule has 0 unspecified atom stereocenters. The van der Waals surface area contributed by atoms with Crippen LogP contribution in [0.25, 0.3) is 0 Å². The van der Waals surface area contributed by atoms with Crippen molar-refractivity contribution in [3.05, 3.63) is 53.6 Å². The number of amides is 1. The van der Waals surface area contributed by atoms with Gasteiger partial charge < -0.3 is 14.8 Å². The molecule has 7 nitrogen and oxygen atoms in total. The van der Waals surface area contributed by atoms with Gasteiger partial charge in [0.2, 0.25) is 10.0 Å². The van der Waals surface area contributed by atoms with Gasteiger partial charge >= 0.3 is 0 Å². The molecule has 0 aliphatic carbocycles. The Morgan fingerprint density at radius 1 is 1.11 bits per heavy atom. The summed E-state index contributed by atoms with van der Waals surface area (Å²) in [5.41, 5.74) is 2.85. The van der Waals surface area contributed by atoms with Crippen LogP contribution in [0.15, 0.2) is 47.4 Å². The maximum Gasteiger partial charge on any atom is 0.262 e. The second-order valence-corrected chi connectivity index (χ2v) is 8.51. The van der Waals surface area contributed by atoms with Crippen LogP contribution in [0.4, 0.5) is 5.69 Å². The van der Waals surface area contributed by atoms with Crippen molar-refractivity contribution >= 4 is 21.6 Å². The number of sulfonamides is 1. The zero-order chi connectivity index (χ0) is 20.1. The maximum atomic E-state index is 12.6. The van der Waals surface area contributed by atoms with Gasteiger partial charge in [-0.25, -0.2) is 8.42 Å². The van der Waals surface area contributed by atoms with E-state index in [0.29, 0.717) is 32.1 Å². The van der Waals surface area contributed by atoms with Crippen LogP contribution in [0.3, 0.4) is 0 Å². The summed E-state index contributed by atoms with van der Waals surface area (Å²) < 4.78 is 37.3. The highest BCUT2D eigenvalue weighted by Gasteiger charge is 2.26. The summed E-state index contributed by atoms with van der Waals surface area (Å²) in [6.07, 6.45) is 0. The molecule has 0 bridgehead atoms. The van der Waals surface area contributed by atoms with Gasteiger partial charge in [0.05, 0.1) is 18.1 Å². The average Bonchev–Trinajstić information content (AvgIpc) is 2.71. The van der Waals surface area contributed by atoms with Gasteiger partial charge in [-0.2, -0.15) is 4.31 Å². The summed E-state index contributed by atoms with van der Waals surface area (Å²) >= 11 is 0. The number of morpholine rings is 1. The van der Waals surface area contributed by atoms with Crippen molar-refractivity contribution in [2.75, 3.05) is 38.2 Å². The number of aryl methyl sites for hydroxylation is 1. The molecule has 2 aromatic rings. The fourth-order valence-electron chi connectivity index (χ4n) is 2.87. The van der Waals surface area contributed by atoms with Gasteiger partial charge in [0.25, 0.3) is 5.91 Å². The Hall–Kier alpha value is -2.42. The number of anilines is 1. The molecule has 0 spiro atoms. The second-order valence-electron chi connectivity index (χ2n) is 6.57. The summed E-state index contributed by atoms with van der Waals surface area (Å²) in [5, 5.41) is 2.82. The largest absolute Gasteiger partial charge is 0.484 e. The Kier molecular flexibility index (Phi) is 6.33. The van der Waals surface area contributed by atoms with Gasteiger partial charge in [-0.15, -0.1) is 0 Å². The van der Waals surface area contributed by atoms with Gasteiger partial charge in [0.15, 0.2) is 6.61 Å². The average molecular weight is 404 g/mol. The zero-order valence-electron chi connectivity index (χ0n) is 16.0. The van der Waals surface area contributed by atoms with Gasteiger partial charge in [-0.05, 0) is 55.3 Å². The molecule has 1 aliphatic heterocycles. The first-order chi connectivity index (χ1) is 13.4. The van der Waals surface area contributed by atoms with E-state index in [1.54, 1.807) is 12.1 Å². The molecular formula is C20H24N2O5S. The standard InChI is InChI=1S/C20H24N2O5S/c1-15-4-3-5-19(16(15)2)21-20(23)14-27-17-6-8-18(9-7-17)28(24,25)22-10-12-26-13-11-22/h3-9H,10-14H2,1-2H3,(H,21,23). The van der Waals surface area contributed by atoms with E-state index in [0.717, 1.165) is 16.8 Å². The number of nitrogens with one attached hydrogen (secondary N) is 1. The Balaban J connectivity index is 1.58. The first kappa shape index (κ1) is 20.3. The molecule has 0 saturated carbocycles. The monoisotopic (exact) mass is 404 g/mol. The number of benzene rings is 2. The quantitative estimate of drug-likeness (QED) is 0.799. The van der Waals surface area contributed by atoms with E-state index >= 15 is 0 Å². The third-order valence-electron chi connectivity index (χ3n) is 4.68. The van der Waals surface area contributed by atoms with E-state index in [1.807, 2.05) is 32.0 Å². The van der Waals surface area contributed by atoms with Crippen LogP contribution in [-0.2, 0) is 19.6 Å². The van der Waals surface area contributed by atoms with Crippen molar-refractivity contribution in [3.63, 3.8) is 0 Å². The third-order valence-corrected chi connectivity index (χ3v) is 6.59. The van der Waals surface area contributed by atoms with Crippen LogP contribution < -0.4 is 10.1 Å². The third kappa shape index (κ3) is 4.70. The first-order valence-electron chi connectivity index (χ1n) is 9.05. The molecule has 1 aliphatic rings. The molecule has 0 radical (unpaired) electrons. The highest BCUT2D eigenvalue weighted by Crippen LogP contribution is 2.21. The molecule has 1 fully saturated rings. The lowest BCUT2D eigenvalue weighted by Gasteiger charge is -2.26. The summed E-state index contributed by atoms with van der Waals surface area (Å²) in [5.74, 6) is 0.149. The van der Waals surface area contributed by atoms with Crippen LogP contribution in [0.5, 0.6) is 5.75 Å². The molecule has 3 rings (SSSR count). The van der Waals surface area contributed by atoms with Crippen molar-refractivity contribution in [3.8, 4) is 5.75 Å². The molecule has 2 aromatic carbocycles. The molecule has 8 heteroatoms. The first-order valence-corrected chi connectivity index (χ1v) is 10.5. The molecule has 1 N–H and O–H groups in total. The Morgan fingerprint density at radius 3 is 2.46 bits per heavy atom. The molecular weight excluding hydrogens is 380 g/mol. The lowest BCUT2D eigenvalue weighted by Crippen LogP contribution is -2.40. The molecule has 28 heavy (non-hydrogen) atoms. The van der Waals surface area contributed by atoms with Crippen LogP contribution in [0, 0.1) is 13.8 Å². The topological polar surface area (TPSA) is 84.9 Å². The van der Waals surface area contributed by atoms with Crippen molar-refractivity contribution in [1.29, 1.82) is 0 Å². The van der Waals surface area contributed by atoms with Crippen molar-refractivity contribution in [2.24, 2.45) is 0 Å². The summed E-state index contributed by atoms with van der Waals surface area (Å²) in [7, 11) is -3.54. The predicted molar refractivity (Wildman–Crippen MR) is 106 cm³/mol. The molecule has 1 amide bonds. The smallest absolute Gasteiger partial charge is 0.262 e. The van der Waals surface area contributed by atoms with Crippen molar-refractivity contribution < 1.29 is 22.7 Å². The summed E-state index contributed by atoms with van der Waals surface area (Å²) in [6.45, 7) is 5.25. The number of rotatable bonds is 6. The molecule has 1 heterocycles. The summed E-state index contributed by atoms with van der Waals surface area (Å²) in [6, 6.07) is 11.8. The minimum atomic E-state index is -3.54. The SMILES string of the molecule is Cc1cccc(NC(=O)COc2ccc(S(=O)(=O)N3CCOCC3)cc2)c1C. The number of hydrogen-bond donors (Lipinski definition) is 1. The molecule has 0 aromatic heterocycles. The maximum absolute atomic E-state index is 12.6. The Morgan fingerprint density at radius 2 is 1.79 bits per heavy atom. The van der Waals surface area contributed by atoms with Gasteiger partial charge in [-0.3, -0.25) is 4.79 Å². The van der Waals surface area contributed by atoms with Gasteiger partial charge in [-0.1, -0.05) is 12.1 Å². The lowest BCUT2D eigenvalue weighted by molar-refractivity contribution is -0.118. The van der Waals surface area contributed by atoms with Crippen molar-refractivity contribution in [1.82, 2.24) is 4.31 Å². The zero-order valence-corrected chi connectivity index (χ0v) is 16.8. The van der Waals surface area contributed by atoms with E-state index in [-0.39, 0.29) is 17.4 Å². The van der Waals surface area contributed by atoms with E-state index in [1.165, 1.54) is 16.4 Å². The van der Waals surface area contributed by atoms with E-state index < -0.39 is 10.0 Å². The van der Waals surface area contributed by atoms with Crippen LogP contribution >= 0.6 is 0 Å². The highest BCUT2D eigenvalue weighted by molar-refractivity contribution is 7.89. The number of carbonyl (C=O) groups excluding carboxylic acids is 1. The number of ether oxygens (including phenoxy) is 2. The number of hydrogen-bond acceptors (Lipinski definition) is 5. The highest BCUT2D eigenvalue weighted by atomic mass is 32.2. The normalized spacial score (nSPS) is 15.2. The lowest BCUT2D eigenvalue weighted by atomic mass is 10.1. The minimum absolute atomic E-state index is 0.164. The number of carbonyl (C=O) groups is 1. The van der Waals surface area contributed by atoms with E-state index in [4.69, 9.17) is 9.47 Å². The van der Waals surface area contributed by atoms with Gasteiger partial charge in [0.1, 0.15) is 5.75 Å². The Bertz CT molecular complexity index is 936. The van der Waals surface area contributed by atoms with Gasteiger partial charge in [0, 0.05) is 18.8 Å². The fourth-order valence-corrected chi connectivity index (χ4v) is 4.27. The van der Waals surface area contributed by atoms with E-state index in [2.05, 4.69) is 5.32 Å². The summed E-state index contributed by atoms with van der Waals surface area (Å²) in [4.78, 5) is 12.3. The van der Waals surface area contributed by atoms with Crippen LogP contribution in [0.2, 0.25) is 0 Å².